The molecule has 0 spiro atoms. The lowest BCUT2D eigenvalue weighted by Crippen LogP contribution is -2.56. The molecule has 0 saturated carbocycles. The van der Waals surface area contributed by atoms with Crippen molar-refractivity contribution in [2.24, 2.45) is 11.1 Å². The Labute approximate surface area is 139 Å². The molecule has 0 fully saturated rings. The molecule has 2 atom stereocenters. The number of ether oxygens (including phenoxy) is 4. The Morgan fingerprint density at radius 3 is 2.42 bits per heavy atom. The van der Waals surface area contributed by atoms with Crippen LogP contribution in [0.3, 0.4) is 0 Å². The summed E-state index contributed by atoms with van der Waals surface area (Å²) in [6.45, 7) is 0. The van der Waals surface area contributed by atoms with Crippen LogP contribution < -0.4 is 9.47 Å². The summed E-state index contributed by atoms with van der Waals surface area (Å²) in [7, 11) is 5.98. The second-order valence-corrected chi connectivity index (χ2v) is 5.39. The number of hydrogen-bond donors (Lipinski definition) is 0. The van der Waals surface area contributed by atoms with Crippen LogP contribution in [0.5, 0.6) is 11.5 Å². The third-order valence-corrected chi connectivity index (χ3v) is 4.37. The van der Waals surface area contributed by atoms with E-state index in [2.05, 4.69) is 5.16 Å². The molecule has 1 aliphatic heterocycles. The number of ketones is 1. The number of oxime groups is 1. The number of methoxy groups -OCH3 is 4. The molecule has 0 bridgehead atoms. The molecule has 0 saturated heterocycles. The van der Waals surface area contributed by atoms with Gasteiger partial charge in [0.05, 0.1) is 14.2 Å². The lowest BCUT2D eigenvalue weighted by molar-refractivity contribution is -0.225. The molecule has 7 nitrogen and oxygen atoms in total. The second kappa shape index (κ2) is 6.26. The fraction of sp³-hybridized carbons (Fsp3) is 0.412. The SMILES string of the molecule is COc1ccc(C2=NOC3C=CC(=O)C(OC)(OC)C23)cc1OC. The first kappa shape index (κ1) is 16.5. The molecule has 1 aliphatic carbocycles. The average Bonchev–Trinajstić information content (AvgIpc) is 3.06. The molecule has 1 aromatic rings. The smallest absolute Gasteiger partial charge is 0.245 e. The molecule has 1 heterocycles. The van der Waals surface area contributed by atoms with Crippen molar-refractivity contribution in [3.05, 3.63) is 35.9 Å². The van der Waals surface area contributed by atoms with Gasteiger partial charge in [-0.3, -0.25) is 4.79 Å². The topological polar surface area (TPSA) is 75.6 Å². The lowest BCUT2D eigenvalue weighted by Gasteiger charge is -2.37. The number of carbonyl (C=O) groups excluding carboxylic acids is 1. The lowest BCUT2D eigenvalue weighted by atomic mass is 9.79. The summed E-state index contributed by atoms with van der Waals surface area (Å²) in [4.78, 5) is 17.9. The number of carbonyl (C=O) groups is 1. The monoisotopic (exact) mass is 333 g/mol. The van der Waals surface area contributed by atoms with Gasteiger partial charge in [0.25, 0.3) is 0 Å². The van der Waals surface area contributed by atoms with Crippen LogP contribution in [0, 0.1) is 5.92 Å². The van der Waals surface area contributed by atoms with Gasteiger partial charge in [0.2, 0.25) is 11.6 Å². The van der Waals surface area contributed by atoms with Gasteiger partial charge in [0.1, 0.15) is 11.6 Å². The predicted octanol–water partition coefficient (Wildman–Crippen LogP) is 1.55. The van der Waals surface area contributed by atoms with E-state index in [1.807, 2.05) is 6.07 Å². The second-order valence-electron chi connectivity index (χ2n) is 5.39. The van der Waals surface area contributed by atoms with E-state index in [0.717, 1.165) is 5.56 Å². The van der Waals surface area contributed by atoms with Crippen LogP contribution in [0.15, 0.2) is 35.5 Å². The van der Waals surface area contributed by atoms with Crippen molar-refractivity contribution in [2.45, 2.75) is 11.9 Å². The van der Waals surface area contributed by atoms with Gasteiger partial charge in [-0.2, -0.15) is 0 Å². The number of benzene rings is 1. The molecule has 0 aromatic heterocycles. The van der Waals surface area contributed by atoms with Crippen LogP contribution in [-0.2, 0) is 19.1 Å². The molecule has 7 heteroatoms. The summed E-state index contributed by atoms with van der Waals surface area (Å²) < 4.78 is 21.5. The highest BCUT2D eigenvalue weighted by molar-refractivity contribution is 6.10. The van der Waals surface area contributed by atoms with Crippen molar-refractivity contribution in [2.75, 3.05) is 28.4 Å². The molecular weight excluding hydrogens is 314 g/mol. The molecule has 0 amide bonds. The Bertz CT molecular complexity index is 707. The Balaban J connectivity index is 2.06. The standard InChI is InChI=1S/C17H19NO6/c1-20-11-6-5-10(9-13(11)21-2)16-15-12(24-18-16)7-8-14(19)17(15,22-3)23-4/h5-9,12,15H,1-4H3. The maximum absolute atomic E-state index is 12.4. The zero-order valence-corrected chi connectivity index (χ0v) is 13.9. The third kappa shape index (κ3) is 2.28. The van der Waals surface area contributed by atoms with Crippen molar-refractivity contribution in [3.8, 4) is 11.5 Å². The maximum Gasteiger partial charge on any atom is 0.245 e. The van der Waals surface area contributed by atoms with Crippen molar-refractivity contribution >= 4 is 11.5 Å². The fourth-order valence-electron chi connectivity index (χ4n) is 3.15. The van der Waals surface area contributed by atoms with Gasteiger partial charge in [-0.1, -0.05) is 5.16 Å². The Hall–Kier alpha value is -2.38. The normalized spacial score (nSPS) is 24.2. The van der Waals surface area contributed by atoms with Gasteiger partial charge in [0, 0.05) is 19.8 Å². The number of fused-ring (bicyclic) bond motifs is 1. The van der Waals surface area contributed by atoms with E-state index in [1.54, 1.807) is 32.4 Å². The summed E-state index contributed by atoms with van der Waals surface area (Å²) in [6.07, 6.45) is 2.63. The van der Waals surface area contributed by atoms with Crippen molar-refractivity contribution in [3.63, 3.8) is 0 Å². The molecular formula is C17H19NO6. The molecule has 2 aliphatic rings. The van der Waals surface area contributed by atoms with E-state index in [9.17, 15) is 4.79 Å². The number of nitrogens with zero attached hydrogens (tertiary/aromatic N) is 1. The molecule has 128 valence electrons. The van der Waals surface area contributed by atoms with Crippen LogP contribution >= 0.6 is 0 Å². The zero-order chi connectivity index (χ0) is 17.3. The molecule has 1 aromatic carbocycles. The van der Waals surface area contributed by atoms with Gasteiger partial charge in [-0.05, 0) is 30.4 Å². The minimum atomic E-state index is -1.47. The fourth-order valence-corrected chi connectivity index (χ4v) is 3.15. The predicted molar refractivity (Wildman–Crippen MR) is 85.3 cm³/mol. The molecule has 0 radical (unpaired) electrons. The van der Waals surface area contributed by atoms with Crippen molar-refractivity contribution in [1.29, 1.82) is 0 Å². The van der Waals surface area contributed by atoms with E-state index < -0.39 is 17.8 Å². The molecule has 0 N–H and O–H groups in total. The van der Waals surface area contributed by atoms with E-state index in [0.29, 0.717) is 17.2 Å². The Morgan fingerprint density at radius 1 is 1.08 bits per heavy atom. The summed E-state index contributed by atoms with van der Waals surface area (Å²) in [5.41, 5.74) is 1.30. The van der Waals surface area contributed by atoms with Crippen molar-refractivity contribution < 1.29 is 28.6 Å². The first-order valence-electron chi connectivity index (χ1n) is 7.40. The highest BCUT2D eigenvalue weighted by Crippen LogP contribution is 2.40. The largest absolute Gasteiger partial charge is 0.493 e. The molecule has 2 unspecified atom stereocenters. The quantitative estimate of drug-likeness (QED) is 0.761. The summed E-state index contributed by atoms with van der Waals surface area (Å²) in [5, 5.41) is 4.16. The number of rotatable bonds is 5. The van der Waals surface area contributed by atoms with Gasteiger partial charge >= 0.3 is 0 Å². The Morgan fingerprint density at radius 2 is 1.79 bits per heavy atom. The first-order chi connectivity index (χ1) is 11.6. The highest BCUT2D eigenvalue weighted by atomic mass is 16.7. The summed E-state index contributed by atoms with van der Waals surface area (Å²) in [5.74, 6) is -1.13. The van der Waals surface area contributed by atoms with Crippen LogP contribution in [-0.4, -0.2) is 51.8 Å². The van der Waals surface area contributed by atoms with Crippen LogP contribution in [0.4, 0.5) is 0 Å². The van der Waals surface area contributed by atoms with Crippen LogP contribution in [0.1, 0.15) is 5.56 Å². The van der Waals surface area contributed by atoms with E-state index in [-0.39, 0.29) is 5.78 Å². The van der Waals surface area contributed by atoms with Gasteiger partial charge in [-0.25, -0.2) is 0 Å². The minimum absolute atomic E-state index is 0.285. The highest BCUT2D eigenvalue weighted by Gasteiger charge is 2.57. The van der Waals surface area contributed by atoms with Gasteiger partial charge in [0.15, 0.2) is 17.6 Å². The average molecular weight is 333 g/mol. The molecule has 3 rings (SSSR count). The van der Waals surface area contributed by atoms with E-state index >= 15 is 0 Å². The minimum Gasteiger partial charge on any atom is -0.493 e. The van der Waals surface area contributed by atoms with Crippen LogP contribution in [0.25, 0.3) is 0 Å². The van der Waals surface area contributed by atoms with Gasteiger partial charge in [-0.15, -0.1) is 0 Å². The van der Waals surface area contributed by atoms with Gasteiger partial charge < -0.3 is 23.8 Å². The maximum atomic E-state index is 12.4. The first-order valence-corrected chi connectivity index (χ1v) is 7.40. The zero-order valence-electron chi connectivity index (χ0n) is 13.9. The van der Waals surface area contributed by atoms with E-state index in [1.165, 1.54) is 20.3 Å². The Kier molecular flexibility index (Phi) is 4.29. The summed E-state index contributed by atoms with van der Waals surface area (Å²) in [6, 6.07) is 5.37. The van der Waals surface area contributed by atoms with Crippen LogP contribution in [0.2, 0.25) is 0 Å². The third-order valence-electron chi connectivity index (χ3n) is 4.37. The summed E-state index contributed by atoms with van der Waals surface area (Å²) >= 11 is 0. The molecule has 24 heavy (non-hydrogen) atoms. The number of hydrogen-bond acceptors (Lipinski definition) is 7. The van der Waals surface area contributed by atoms with E-state index in [4.69, 9.17) is 23.8 Å². The van der Waals surface area contributed by atoms with Crippen molar-refractivity contribution in [1.82, 2.24) is 0 Å².